The normalized spacial score (nSPS) is 21.3. The number of nitrogens with zero attached hydrogens (tertiary/aromatic N) is 2. The molecule has 1 aliphatic rings. The Kier molecular flexibility index (Phi) is 3.87. The molecule has 2 heteroatoms. The van der Waals surface area contributed by atoms with Crippen LogP contribution in [0.1, 0.15) is 26.2 Å². The molecular formula is C9H20N2. The summed E-state index contributed by atoms with van der Waals surface area (Å²) in [6.45, 7) is 7.28. The van der Waals surface area contributed by atoms with Gasteiger partial charge in [0.2, 0.25) is 0 Å². The molecule has 1 fully saturated rings. The summed E-state index contributed by atoms with van der Waals surface area (Å²) in [7, 11) is 2.19. The summed E-state index contributed by atoms with van der Waals surface area (Å²) in [5.41, 5.74) is 0. The van der Waals surface area contributed by atoms with E-state index in [2.05, 4.69) is 23.8 Å². The van der Waals surface area contributed by atoms with E-state index in [1.807, 2.05) is 0 Å². The number of hydrogen-bond acceptors (Lipinski definition) is 2. The molecular weight excluding hydrogens is 136 g/mol. The minimum atomic E-state index is 1.18. The monoisotopic (exact) mass is 156 g/mol. The maximum atomic E-state index is 2.54. The first-order chi connectivity index (χ1) is 5.33. The van der Waals surface area contributed by atoms with Crippen molar-refractivity contribution in [1.82, 2.24) is 9.80 Å². The Bertz CT molecular complexity index is 104. The van der Waals surface area contributed by atoms with Gasteiger partial charge in [-0.1, -0.05) is 19.8 Å². The topological polar surface area (TPSA) is 6.48 Å². The van der Waals surface area contributed by atoms with Crippen molar-refractivity contribution in [2.75, 3.05) is 33.4 Å². The lowest BCUT2D eigenvalue weighted by atomic mass is 10.2. The minimum absolute atomic E-state index is 1.18. The highest BCUT2D eigenvalue weighted by atomic mass is 15.4. The van der Waals surface area contributed by atoms with Crippen molar-refractivity contribution in [3.63, 3.8) is 0 Å². The lowest BCUT2D eigenvalue weighted by Gasteiger charge is -2.14. The van der Waals surface area contributed by atoms with Crippen LogP contribution in [0.2, 0.25) is 0 Å². The Balaban J connectivity index is 1.99. The average molecular weight is 156 g/mol. The van der Waals surface area contributed by atoms with E-state index in [4.69, 9.17) is 0 Å². The molecule has 66 valence electrons. The first kappa shape index (κ1) is 9.01. The molecule has 11 heavy (non-hydrogen) atoms. The van der Waals surface area contributed by atoms with Gasteiger partial charge in [0.05, 0.1) is 6.67 Å². The van der Waals surface area contributed by atoms with E-state index in [1.165, 1.54) is 45.6 Å². The van der Waals surface area contributed by atoms with Crippen molar-refractivity contribution >= 4 is 0 Å². The lowest BCUT2D eigenvalue weighted by molar-refractivity contribution is 0.270. The summed E-state index contributed by atoms with van der Waals surface area (Å²) in [4.78, 5) is 4.92. The molecule has 1 aliphatic heterocycles. The predicted molar refractivity (Wildman–Crippen MR) is 48.6 cm³/mol. The highest BCUT2D eigenvalue weighted by Gasteiger charge is 2.14. The van der Waals surface area contributed by atoms with Crippen LogP contribution in [0, 0.1) is 0 Å². The molecule has 1 saturated heterocycles. The summed E-state index contributed by atoms with van der Waals surface area (Å²) in [6.07, 6.45) is 4.11. The molecule has 0 aromatic heterocycles. The van der Waals surface area contributed by atoms with Crippen LogP contribution in [0.25, 0.3) is 0 Å². The fraction of sp³-hybridized carbons (Fsp3) is 1.00. The second-order valence-corrected chi connectivity index (χ2v) is 3.55. The highest BCUT2D eigenvalue weighted by molar-refractivity contribution is 4.67. The van der Waals surface area contributed by atoms with Crippen LogP contribution in [0.4, 0.5) is 0 Å². The van der Waals surface area contributed by atoms with Gasteiger partial charge in [0.15, 0.2) is 0 Å². The zero-order valence-corrected chi connectivity index (χ0v) is 7.84. The predicted octanol–water partition coefficient (Wildman–Crippen LogP) is 1.38. The Morgan fingerprint density at radius 1 is 1.18 bits per heavy atom. The molecule has 1 heterocycles. The number of rotatable bonds is 4. The molecule has 1 rings (SSSR count). The molecule has 0 aliphatic carbocycles. The molecule has 0 bridgehead atoms. The standard InChI is InChI=1S/C9H20N2/c1-3-4-5-6-11-8-7-10(2)9-11/h3-9H2,1-2H3. The Hall–Kier alpha value is -0.0800. The Labute approximate surface area is 70.2 Å². The smallest absolute Gasteiger partial charge is 0.0504 e. The van der Waals surface area contributed by atoms with Gasteiger partial charge in [0.1, 0.15) is 0 Å². The van der Waals surface area contributed by atoms with E-state index >= 15 is 0 Å². The second-order valence-electron chi connectivity index (χ2n) is 3.55. The average Bonchev–Trinajstić information content (AvgIpc) is 2.37. The van der Waals surface area contributed by atoms with E-state index in [9.17, 15) is 0 Å². The minimum Gasteiger partial charge on any atom is -0.292 e. The summed E-state index contributed by atoms with van der Waals surface area (Å²) in [5.74, 6) is 0. The van der Waals surface area contributed by atoms with Crippen molar-refractivity contribution in [2.24, 2.45) is 0 Å². The van der Waals surface area contributed by atoms with Gasteiger partial charge in [-0.2, -0.15) is 0 Å². The Morgan fingerprint density at radius 2 is 2.00 bits per heavy atom. The molecule has 0 aromatic carbocycles. The zero-order chi connectivity index (χ0) is 8.10. The van der Waals surface area contributed by atoms with E-state index in [0.29, 0.717) is 0 Å². The zero-order valence-electron chi connectivity index (χ0n) is 7.84. The van der Waals surface area contributed by atoms with Gasteiger partial charge < -0.3 is 0 Å². The van der Waals surface area contributed by atoms with E-state index < -0.39 is 0 Å². The van der Waals surface area contributed by atoms with Crippen molar-refractivity contribution in [3.05, 3.63) is 0 Å². The summed E-state index contributed by atoms with van der Waals surface area (Å²) in [5, 5.41) is 0. The van der Waals surface area contributed by atoms with E-state index in [-0.39, 0.29) is 0 Å². The van der Waals surface area contributed by atoms with Gasteiger partial charge in [-0.15, -0.1) is 0 Å². The molecule has 0 saturated carbocycles. The van der Waals surface area contributed by atoms with Crippen LogP contribution in [-0.4, -0.2) is 43.2 Å². The van der Waals surface area contributed by atoms with Crippen LogP contribution in [0.15, 0.2) is 0 Å². The van der Waals surface area contributed by atoms with Crippen LogP contribution in [0.3, 0.4) is 0 Å². The van der Waals surface area contributed by atoms with Gasteiger partial charge in [-0.05, 0) is 20.0 Å². The maximum absolute atomic E-state index is 2.54. The SMILES string of the molecule is CCCCCN1CCN(C)C1. The first-order valence-corrected chi connectivity index (χ1v) is 4.74. The Morgan fingerprint density at radius 3 is 2.55 bits per heavy atom. The molecule has 0 radical (unpaired) electrons. The van der Waals surface area contributed by atoms with Gasteiger partial charge in [-0.3, -0.25) is 9.80 Å². The van der Waals surface area contributed by atoms with Gasteiger partial charge in [-0.25, -0.2) is 0 Å². The number of unbranched alkanes of at least 4 members (excludes halogenated alkanes) is 2. The molecule has 0 spiro atoms. The molecule has 0 N–H and O–H groups in total. The molecule has 0 unspecified atom stereocenters. The maximum Gasteiger partial charge on any atom is 0.0504 e. The molecule has 0 amide bonds. The van der Waals surface area contributed by atoms with Crippen LogP contribution in [0.5, 0.6) is 0 Å². The lowest BCUT2D eigenvalue weighted by Crippen LogP contribution is -2.23. The van der Waals surface area contributed by atoms with E-state index in [1.54, 1.807) is 0 Å². The van der Waals surface area contributed by atoms with Gasteiger partial charge in [0, 0.05) is 13.1 Å². The molecule has 2 nitrogen and oxygen atoms in total. The van der Waals surface area contributed by atoms with Gasteiger partial charge in [0.25, 0.3) is 0 Å². The van der Waals surface area contributed by atoms with Crippen molar-refractivity contribution < 1.29 is 0 Å². The summed E-state index contributed by atoms with van der Waals surface area (Å²) in [6, 6.07) is 0. The second kappa shape index (κ2) is 4.73. The third-order valence-electron chi connectivity index (χ3n) is 2.32. The molecule has 0 aromatic rings. The largest absolute Gasteiger partial charge is 0.292 e. The van der Waals surface area contributed by atoms with Crippen LogP contribution >= 0.6 is 0 Å². The third-order valence-corrected chi connectivity index (χ3v) is 2.32. The summed E-state index contributed by atoms with van der Waals surface area (Å²) < 4.78 is 0. The van der Waals surface area contributed by atoms with Crippen LogP contribution in [-0.2, 0) is 0 Å². The van der Waals surface area contributed by atoms with Crippen LogP contribution < -0.4 is 0 Å². The molecule has 0 atom stereocenters. The highest BCUT2D eigenvalue weighted by Crippen LogP contribution is 2.04. The van der Waals surface area contributed by atoms with Crippen molar-refractivity contribution in [3.8, 4) is 0 Å². The third kappa shape index (κ3) is 3.21. The van der Waals surface area contributed by atoms with E-state index in [0.717, 1.165) is 0 Å². The number of likely N-dealkylation sites (N-methyl/N-ethyl adjacent to an activating group) is 1. The first-order valence-electron chi connectivity index (χ1n) is 4.74. The number of hydrogen-bond donors (Lipinski definition) is 0. The van der Waals surface area contributed by atoms with Crippen molar-refractivity contribution in [1.29, 1.82) is 0 Å². The summed E-state index contributed by atoms with van der Waals surface area (Å²) >= 11 is 0. The van der Waals surface area contributed by atoms with Crippen molar-refractivity contribution in [2.45, 2.75) is 26.2 Å². The fourth-order valence-corrected chi connectivity index (χ4v) is 1.56. The quantitative estimate of drug-likeness (QED) is 0.567. The van der Waals surface area contributed by atoms with Gasteiger partial charge >= 0.3 is 0 Å². The fourth-order valence-electron chi connectivity index (χ4n) is 1.56.